The van der Waals surface area contributed by atoms with Gasteiger partial charge in [-0.2, -0.15) is 13.2 Å². The Kier molecular flexibility index (Phi) is 7.02. The minimum atomic E-state index is -4.45. The molecular weight excluding hydrogens is 409 g/mol. The first-order chi connectivity index (χ1) is 13.6. The Morgan fingerprint density at radius 2 is 1.83 bits per heavy atom. The number of rotatable bonds is 5. The number of halogens is 3. The van der Waals surface area contributed by atoms with Crippen LogP contribution in [0.5, 0.6) is 0 Å². The molecule has 0 saturated heterocycles. The number of hydrogen-bond acceptors (Lipinski definition) is 4. The molecule has 0 radical (unpaired) electrons. The van der Waals surface area contributed by atoms with Crippen LogP contribution < -0.4 is 5.32 Å². The molecule has 0 aliphatic rings. The van der Waals surface area contributed by atoms with Crippen LogP contribution in [0.15, 0.2) is 53.4 Å². The summed E-state index contributed by atoms with van der Waals surface area (Å²) in [5.74, 6) is 4.61. The second kappa shape index (κ2) is 9.09. The van der Waals surface area contributed by atoms with Crippen molar-refractivity contribution in [1.82, 2.24) is 9.79 Å². The zero-order valence-electron chi connectivity index (χ0n) is 15.4. The SMILES string of the molecule is CON(C)S(=O)(=O)c1ccc(C(=O)NCC#Cc2cccc(C(F)(F)F)c2)cc1. The van der Waals surface area contributed by atoms with Crippen LogP contribution in [0, 0.1) is 11.8 Å². The standard InChI is InChI=1S/C19H17F3N2O4S/c1-24(28-2)29(26,27)17-10-8-15(9-11-17)18(25)23-12-4-6-14-5-3-7-16(13-14)19(20,21)22/h3,5,7-11,13H,12H2,1-2H3,(H,23,25). The summed E-state index contributed by atoms with van der Waals surface area (Å²) >= 11 is 0. The number of benzene rings is 2. The van der Waals surface area contributed by atoms with Gasteiger partial charge in [-0.05, 0) is 42.5 Å². The summed E-state index contributed by atoms with van der Waals surface area (Å²) in [6.45, 7) is -0.0957. The van der Waals surface area contributed by atoms with Crippen molar-refractivity contribution < 1.29 is 31.2 Å². The number of hydrogen-bond donors (Lipinski definition) is 1. The molecule has 2 rings (SSSR count). The van der Waals surface area contributed by atoms with Crippen LogP contribution in [0.2, 0.25) is 0 Å². The van der Waals surface area contributed by atoms with Crippen molar-refractivity contribution in [1.29, 1.82) is 0 Å². The van der Waals surface area contributed by atoms with Crippen LogP contribution in [0.3, 0.4) is 0 Å². The van der Waals surface area contributed by atoms with Crippen LogP contribution in [-0.2, 0) is 21.0 Å². The van der Waals surface area contributed by atoms with E-state index in [1.807, 2.05) is 0 Å². The Morgan fingerprint density at radius 1 is 1.17 bits per heavy atom. The van der Waals surface area contributed by atoms with E-state index in [4.69, 9.17) is 0 Å². The van der Waals surface area contributed by atoms with Crippen LogP contribution in [0.1, 0.15) is 21.5 Å². The Labute approximate surface area is 166 Å². The van der Waals surface area contributed by atoms with Gasteiger partial charge in [0, 0.05) is 18.2 Å². The molecule has 1 N–H and O–H groups in total. The molecule has 0 aliphatic heterocycles. The van der Waals surface area contributed by atoms with E-state index in [0.29, 0.717) is 4.47 Å². The zero-order valence-corrected chi connectivity index (χ0v) is 16.3. The van der Waals surface area contributed by atoms with Crippen molar-refractivity contribution in [2.75, 3.05) is 20.7 Å². The van der Waals surface area contributed by atoms with Crippen molar-refractivity contribution in [3.8, 4) is 11.8 Å². The predicted molar refractivity (Wildman–Crippen MR) is 99.1 cm³/mol. The predicted octanol–water partition coefficient (Wildman–Crippen LogP) is 2.67. The molecule has 0 fully saturated rings. The molecule has 6 nitrogen and oxygen atoms in total. The Bertz CT molecular complexity index is 1040. The van der Waals surface area contributed by atoms with Crippen molar-refractivity contribution in [3.05, 3.63) is 65.2 Å². The van der Waals surface area contributed by atoms with Crippen LogP contribution in [0.25, 0.3) is 0 Å². The zero-order chi connectivity index (χ0) is 21.7. The highest BCUT2D eigenvalue weighted by atomic mass is 32.2. The molecule has 0 atom stereocenters. The molecule has 0 unspecified atom stereocenters. The molecule has 1 amide bonds. The highest BCUT2D eigenvalue weighted by Crippen LogP contribution is 2.29. The summed E-state index contributed by atoms with van der Waals surface area (Å²) in [5, 5.41) is 2.49. The lowest BCUT2D eigenvalue weighted by Crippen LogP contribution is -2.26. The second-order valence-electron chi connectivity index (χ2n) is 5.68. The minimum absolute atomic E-state index is 0.0530. The number of carbonyl (C=O) groups is 1. The average Bonchev–Trinajstić information content (AvgIpc) is 2.70. The van der Waals surface area contributed by atoms with Gasteiger partial charge in [-0.15, -0.1) is 0 Å². The molecule has 0 spiro atoms. The number of alkyl halides is 3. The van der Waals surface area contributed by atoms with Gasteiger partial charge in [-0.1, -0.05) is 22.4 Å². The third-order valence-electron chi connectivity index (χ3n) is 3.77. The number of nitrogens with zero attached hydrogens (tertiary/aromatic N) is 1. The molecular formula is C19H17F3N2O4S. The summed E-state index contributed by atoms with van der Waals surface area (Å²) in [5.41, 5.74) is -0.432. The van der Waals surface area contributed by atoms with Gasteiger partial charge in [0.25, 0.3) is 15.9 Å². The average molecular weight is 426 g/mol. The lowest BCUT2D eigenvalue weighted by molar-refractivity contribution is -0.137. The van der Waals surface area contributed by atoms with Crippen LogP contribution >= 0.6 is 0 Å². The number of nitrogens with one attached hydrogen (secondary N) is 1. The fourth-order valence-corrected chi connectivity index (χ4v) is 3.14. The minimum Gasteiger partial charge on any atom is -0.341 e. The summed E-state index contributed by atoms with van der Waals surface area (Å²) in [6, 6.07) is 9.72. The molecule has 10 heteroatoms. The van der Waals surface area contributed by atoms with Crippen molar-refractivity contribution in [2.45, 2.75) is 11.1 Å². The van der Waals surface area contributed by atoms with E-state index in [2.05, 4.69) is 22.0 Å². The molecule has 29 heavy (non-hydrogen) atoms. The van der Waals surface area contributed by atoms with Crippen LogP contribution in [-0.4, -0.2) is 39.5 Å². The first-order valence-corrected chi connectivity index (χ1v) is 9.57. The van der Waals surface area contributed by atoms with E-state index in [-0.39, 0.29) is 22.6 Å². The Hall–Kier alpha value is -2.87. The van der Waals surface area contributed by atoms with Gasteiger partial charge in [-0.25, -0.2) is 8.42 Å². The molecule has 0 bridgehead atoms. The Morgan fingerprint density at radius 3 is 2.41 bits per heavy atom. The molecule has 2 aromatic rings. The van der Waals surface area contributed by atoms with Gasteiger partial charge in [-0.3, -0.25) is 9.63 Å². The van der Waals surface area contributed by atoms with E-state index in [9.17, 15) is 26.4 Å². The first-order valence-electron chi connectivity index (χ1n) is 8.13. The van der Waals surface area contributed by atoms with E-state index in [1.54, 1.807) is 0 Å². The summed E-state index contributed by atoms with van der Waals surface area (Å²) in [4.78, 5) is 16.7. The maximum atomic E-state index is 12.7. The lowest BCUT2D eigenvalue weighted by atomic mass is 10.1. The van der Waals surface area contributed by atoms with E-state index < -0.39 is 27.7 Å². The van der Waals surface area contributed by atoms with Gasteiger partial charge < -0.3 is 5.32 Å². The lowest BCUT2D eigenvalue weighted by Gasteiger charge is -2.14. The third kappa shape index (κ3) is 5.80. The highest BCUT2D eigenvalue weighted by Gasteiger charge is 2.30. The van der Waals surface area contributed by atoms with E-state index in [1.165, 1.54) is 50.6 Å². The maximum Gasteiger partial charge on any atom is 0.416 e. The fourth-order valence-electron chi connectivity index (χ4n) is 2.17. The van der Waals surface area contributed by atoms with Gasteiger partial charge in [0.15, 0.2) is 0 Å². The Balaban J connectivity index is 2.00. The monoisotopic (exact) mass is 426 g/mol. The van der Waals surface area contributed by atoms with Crippen molar-refractivity contribution in [2.24, 2.45) is 0 Å². The van der Waals surface area contributed by atoms with Crippen molar-refractivity contribution >= 4 is 15.9 Å². The smallest absolute Gasteiger partial charge is 0.341 e. The molecule has 0 saturated carbocycles. The molecule has 0 aromatic heterocycles. The van der Waals surface area contributed by atoms with E-state index in [0.717, 1.165) is 12.1 Å². The quantitative estimate of drug-likeness (QED) is 0.589. The second-order valence-corrected chi connectivity index (χ2v) is 7.62. The van der Waals surface area contributed by atoms with E-state index >= 15 is 0 Å². The molecule has 0 aliphatic carbocycles. The largest absolute Gasteiger partial charge is 0.416 e. The summed E-state index contributed by atoms with van der Waals surface area (Å²) < 4.78 is 62.9. The number of hydroxylamine groups is 1. The number of sulfonamides is 1. The van der Waals surface area contributed by atoms with Gasteiger partial charge in [0.2, 0.25) is 0 Å². The third-order valence-corrected chi connectivity index (χ3v) is 5.46. The van der Waals surface area contributed by atoms with Gasteiger partial charge >= 0.3 is 6.18 Å². The number of carbonyl (C=O) groups excluding carboxylic acids is 1. The molecule has 2 aromatic carbocycles. The van der Waals surface area contributed by atoms with Crippen molar-refractivity contribution in [3.63, 3.8) is 0 Å². The normalized spacial score (nSPS) is 11.7. The summed E-state index contributed by atoms with van der Waals surface area (Å²) in [7, 11) is -1.38. The molecule has 0 heterocycles. The summed E-state index contributed by atoms with van der Waals surface area (Å²) in [6.07, 6.45) is -4.45. The van der Waals surface area contributed by atoms with Gasteiger partial charge in [0.1, 0.15) is 0 Å². The fraction of sp³-hybridized carbons (Fsp3) is 0.211. The topological polar surface area (TPSA) is 75.7 Å². The maximum absolute atomic E-state index is 12.7. The first kappa shape index (κ1) is 22.4. The highest BCUT2D eigenvalue weighted by molar-refractivity contribution is 7.89. The van der Waals surface area contributed by atoms with Crippen LogP contribution in [0.4, 0.5) is 13.2 Å². The molecule has 154 valence electrons. The van der Waals surface area contributed by atoms with Gasteiger partial charge in [0.05, 0.1) is 24.1 Å². The number of amides is 1.